The van der Waals surface area contributed by atoms with Gasteiger partial charge in [-0.15, -0.1) is 0 Å². The Labute approximate surface area is 119 Å². The van der Waals surface area contributed by atoms with E-state index in [4.69, 9.17) is 26.2 Å². The highest BCUT2D eigenvalue weighted by molar-refractivity contribution is 6.25. The molecule has 0 unspecified atom stereocenters. The minimum absolute atomic E-state index is 0.0996. The van der Waals surface area contributed by atoms with Gasteiger partial charge in [-0.05, 0) is 18.2 Å². The molecule has 0 bridgehead atoms. The maximum atomic E-state index is 9.09. The molecule has 19 heavy (non-hydrogen) atoms. The molecule has 0 atom stereocenters. The van der Waals surface area contributed by atoms with Crippen LogP contribution in [0.25, 0.3) is 0 Å². The zero-order valence-corrected chi connectivity index (χ0v) is 12.1. The largest absolute Gasteiger partial charge is 0.497 e. The molecular weight excluding hydrogens is 266 g/mol. The molecule has 0 aliphatic rings. The number of methoxy groups -OCH3 is 2. The molecule has 1 N–H and O–H groups in total. The van der Waals surface area contributed by atoms with Crippen molar-refractivity contribution < 1.29 is 14.6 Å². The topological polar surface area (TPSA) is 41.9 Å². The first kappa shape index (κ1) is 15.8. The van der Waals surface area contributed by atoms with Crippen molar-refractivity contribution in [3.8, 4) is 11.5 Å². The van der Waals surface area contributed by atoms with Gasteiger partial charge in [0.15, 0.2) is 0 Å². The molecule has 0 radical (unpaired) electrons. The highest BCUT2D eigenvalue weighted by Gasteiger charge is 2.10. The standard InChI is InChI=1S/C14H20ClNO3/c1-18-13-4-5-14(19-2)12(10-13)11-16(8-9-17)7-3-6-15/h3-6,10,17H,7-9,11H2,1-2H3. The van der Waals surface area contributed by atoms with Gasteiger partial charge in [-0.3, -0.25) is 4.90 Å². The van der Waals surface area contributed by atoms with Crippen LogP contribution < -0.4 is 9.47 Å². The van der Waals surface area contributed by atoms with E-state index >= 15 is 0 Å². The molecule has 4 nitrogen and oxygen atoms in total. The summed E-state index contributed by atoms with van der Waals surface area (Å²) >= 11 is 5.54. The van der Waals surface area contributed by atoms with E-state index in [-0.39, 0.29) is 6.61 Å². The number of nitrogens with zero attached hydrogens (tertiary/aromatic N) is 1. The molecule has 0 fully saturated rings. The van der Waals surface area contributed by atoms with Crippen LogP contribution in [0.15, 0.2) is 29.8 Å². The maximum Gasteiger partial charge on any atom is 0.123 e. The summed E-state index contributed by atoms with van der Waals surface area (Å²) in [5, 5.41) is 9.09. The Kier molecular flexibility index (Phi) is 7.33. The van der Waals surface area contributed by atoms with E-state index in [1.165, 1.54) is 5.54 Å². The van der Waals surface area contributed by atoms with Crippen molar-refractivity contribution >= 4 is 11.6 Å². The van der Waals surface area contributed by atoms with Gasteiger partial charge in [-0.1, -0.05) is 17.7 Å². The Morgan fingerprint density at radius 1 is 1.32 bits per heavy atom. The van der Waals surface area contributed by atoms with Gasteiger partial charge in [0.2, 0.25) is 0 Å². The monoisotopic (exact) mass is 285 g/mol. The average Bonchev–Trinajstić information content (AvgIpc) is 2.44. The Hall–Kier alpha value is -1.23. The van der Waals surface area contributed by atoms with Crippen LogP contribution in [0.2, 0.25) is 0 Å². The number of benzene rings is 1. The first-order valence-electron chi connectivity index (χ1n) is 6.04. The molecule has 0 spiro atoms. The van der Waals surface area contributed by atoms with Crippen molar-refractivity contribution in [1.29, 1.82) is 0 Å². The van der Waals surface area contributed by atoms with Crippen molar-refractivity contribution in [2.24, 2.45) is 0 Å². The van der Waals surface area contributed by atoms with Gasteiger partial charge < -0.3 is 14.6 Å². The second kappa shape index (κ2) is 8.80. The van der Waals surface area contributed by atoms with Gasteiger partial charge >= 0.3 is 0 Å². The van der Waals surface area contributed by atoms with E-state index < -0.39 is 0 Å². The normalized spacial score (nSPS) is 11.2. The molecule has 5 heteroatoms. The maximum absolute atomic E-state index is 9.09. The van der Waals surface area contributed by atoms with Crippen molar-refractivity contribution in [3.63, 3.8) is 0 Å². The summed E-state index contributed by atoms with van der Waals surface area (Å²) in [5.74, 6) is 1.59. The molecular formula is C14H20ClNO3. The lowest BCUT2D eigenvalue weighted by Gasteiger charge is -2.21. The summed E-state index contributed by atoms with van der Waals surface area (Å²) in [6.45, 7) is 2.00. The van der Waals surface area contributed by atoms with Gasteiger partial charge in [0.25, 0.3) is 0 Å². The van der Waals surface area contributed by atoms with Crippen molar-refractivity contribution in [2.45, 2.75) is 6.54 Å². The van der Waals surface area contributed by atoms with E-state index in [1.54, 1.807) is 14.2 Å². The van der Waals surface area contributed by atoms with Crippen LogP contribution in [0.1, 0.15) is 5.56 Å². The molecule has 0 saturated heterocycles. The van der Waals surface area contributed by atoms with Gasteiger partial charge in [0, 0.05) is 30.7 Å². The molecule has 1 aromatic carbocycles. The van der Waals surface area contributed by atoms with Crippen LogP contribution >= 0.6 is 11.6 Å². The minimum Gasteiger partial charge on any atom is -0.497 e. The molecule has 1 aromatic rings. The zero-order chi connectivity index (χ0) is 14.1. The SMILES string of the molecule is COc1ccc(OC)c(CN(CC=CCl)CCO)c1. The summed E-state index contributed by atoms with van der Waals surface area (Å²) in [5.41, 5.74) is 2.49. The molecule has 1 rings (SSSR count). The molecule has 0 aliphatic heterocycles. The molecule has 0 aromatic heterocycles. The number of aliphatic hydroxyl groups is 1. The second-order valence-electron chi connectivity index (χ2n) is 4.00. The summed E-state index contributed by atoms with van der Waals surface area (Å²) in [6.07, 6.45) is 1.84. The summed E-state index contributed by atoms with van der Waals surface area (Å²) < 4.78 is 10.6. The highest BCUT2D eigenvalue weighted by atomic mass is 35.5. The molecule has 0 amide bonds. The number of ether oxygens (including phenoxy) is 2. The predicted molar refractivity (Wildman–Crippen MR) is 76.9 cm³/mol. The third-order valence-electron chi connectivity index (χ3n) is 2.75. The smallest absolute Gasteiger partial charge is 0.123 e. The van der Waals surface area contributed by atoms with E-state index in [9.17, 15) is 0 Å². The minimum atomic E-state index is 0.0996. The van der Waals surface area contributed by atoms with Gasteiger partial charge in [0.05, 0.1) is 20.8 Å². The number of aliphatic hydroxyl groups excluding tert-OH is 1. The van der Waals surface area contributed by atoms with Gasteiger partial charge in [0.1, 0.15) is 11.5 Å². The van der Waals surface area contributed by atoms with Gasteiger partial charge in [-0.25, -0.2) is 0 Å². The lowest BCUT2D eigenvalue weighted by atomic mass is 10.1. The number of hydrogen-bond acceptors (Lipinski definition) is 4. The van der Waals surface area contributed by atoms with Crippen LogP contribution in [-0.2, 0) is 6.54 Å². The van der Waals surface area contributed by atoms with Crippen LogP contribution in [-0.4, -0.2) is 43.9 Å². The fraction of sp³-hybridized carbons (Fsp3) is 0.429. The number of halogens is 1. The van der Waals surface area contributed by atoms with Crippen molar-refractivity contribution in [2.75, 3.05) is 33.9 Å². The Morgan fingerprint density at radius 2 is 2.11 bits per heavy atom. The Bertz CT molecular complexity index is 410. The number of hydrogen-bond donors (Lipinski definition) is 1. The van der Waals surface area contributed by atoms with Crippen LogP contribution in [0.4, 0.5) is 0 Å². The van der Waals surface area contributed by atoms with E-state index in [0.717, 1.165) is 17.1 Å². The highest BCUT2D eigenvalue weighted by Crippen LogP contribution is 2.25. The second-order valence-corrected chi connectivity index (χ2v) is 4.25. The molecule has 0 saturated carbocycles. The Balaban J connectivity index is 2.86. The van der Waals surface area contributed by atoms with Crippen molar-refractivity contribution in [3.05, 3.63) is 35.4 Å². The third kappa shape index (κ3) is 5.11. The number of rotatable bonds is 8. The average molecular weight is 286 g/mol. The van der Waals surface area contributed by atoms with E-state index in [1.807, 2.05) is 24.3 Å². The Morgan fingerprint density at radius 3 is 2.68 bits per heavy atom. The first-order valence-corrected chi connectivity index (χ1v) is 6.48. The lowest BCUT2D eigenvalue weighted by molar-refractivity contribution is 0.202. The van der Waals surface area contributed by atoms with Crippen LogP contribution in [0.5, 0.6) is 11.5 Å². The predicted octanol–water partition coefficient (Wildman–Crippen LogP) is 2.25. The fourth-order valence-electron chi connectivity index (χ4n) is 1.81. The lowest BCUT2D eigenvalue weighted by Crippen LogP contribution is -2.26. The first-order chi connectivity index (χ1) is 9.24. The molecule has 0 heterocycles. The quantitative estimate of drug-likeness (QED) is 0.795. The van der Waals surface area contributed by atoms with E-state index in [2.05, 4.69) is 4.90 Å². The molecule has 106 valence electrons. The van der Waals surface area contributed by atoms with Crippen LogP contribution in [0.3, 0.4) is 0 Å². The van der Waals surface area contributed by atoms with Gasteiger partial charge in [-0.2, -0.15) is 0 Å². The van der Waals surface area contributed by atoms with E-state index in [0.29, 0.717) is 19.6 Å². The summed E-state index contributed by atoms with van der Waals surface area (Å²) in [4.78, 5) is 2.07. The summed E-state index contributed by atoms with van der Waals surface area (Å²) in [6, 6.07) is 5.67. The van der Waals surface area contributed by atoms with Crippen LogP contribution in [0, 0.1) is 0 Å². The third-order valence-corrected chi connectivity index (χ3v) is 2.93. The molecule has 0 aliphatic carbocycles. The van der Waals surface area contributed by atoms with Crippen molar-refractivity contribution in [1.82, 2.24) is 4.90 Å². The zero-order valence-electron chi connectivity index (χ0n) is 11.3. The summed E-state index contributed by atoms with van der Waals surface area (Å²) in [7, 11) is 3.27. The fourth-order valence-corrected chi connectivity index (χ4v) is 1.89.